The van der Waals surface area contributed by atoms with E-state index in [0.717, 1.165) is 11.3 Å². The minimum absolute atomic E-state index is 0.0965. The van der Waals surface area contributed by atoms with E-state index in [4.69, 9.17) is 4.74 Å². The number of anilines is 1. The third-order valence-corrected chi connectivity index (χ3v) is 3.88. The molecule has 0 bridgehead atoms. The van der Waals surface area contributed by atoms with Crippen LogP contribution in [0.4, 0.5) is 5.69 Å². The first-order valence-corrected chi connectivity index (χ1v) is 8.50. The summed E-state index contributed by atoms with van der Waals surface area (Å²) in [6.07, 6.45) is 4.42. The minimum atomic E-state index is -0.818. The predicted molar refractivity (Wildman–Crippen MR) is 103 cm³/mol. The predicted octanol–water partition coefficient (Wildman–Crippen LogP) is 2.30. The molecule has 0 saturated carbocycles. The molecule has 26 heavy (non-hydrogen) atoms. The van der Waals surface area contributed by atoms with E-state index in [1.165, 1.54) is 25.3 Å². The van der Waals surface area contributed by atoms with Crippen LogP contribution in [-0.4, -0.2) is 29.9 Å². The van der Waals surface area contributed by atoms with Crippen molar-refractivity contribution in [2.45, 2.75) is 13.0 Å². The van der Waals surface area contributed by atoms with Crippen molar-refractivity contribution in [2.24, 2.45) is 0 Å². The first-order valence-electron chi connectivity index (χ1n) is 7.71. The molecule has 2 aromatic rings. The third kappa shape index (κ3) is 5.59. The number of hydrogen-bond acceptors (Lipinski definition) is 4. The Labute approximate surface area is 158 Å². The Morgan fingerprint density at radius 2 is 1.96 bits per heavy atom. The molecule has 2 rings (SSSR count). The van der Waals surface area contributed by atoms with Gasteiger partial charge in [0.05, 0.1) is 7.11 Å². The van der Waals surface area contributed by atoms with Crippen LogP contribution in [0.25, 0.3) is 6.08 Å². The molecule has 0 aliphatic heterocycles. The summed E-state index contributed by atoms with van der Waals surface area (Å²) in [6.45, 7) is 1.53. The second kappa shape index (κ2) is 9.00. The van der Waals surface area contributed by atoms with Crippen LogP contribution in [0.5, 0.6) is 5.75 Å². The van der Waals surface area contributed by atoms with E-state index in [9.17, 15) is 14.4 Å². The highest BCUT2D eigenvalue weighted by molar-refractivity contribution is 9.10. The number of aromatic amines is 1. The van der Waals surface area contributed by atoms with Gasteiger partial charge in [0.1, 0.15) is 17.5 Å². The Morgan fingerprint density at radius 3 is 2.62 bits per heavy atom. The molecule has 0 saturated heterocycles. The van der Waals surface area contributed by atoms with Gasteiger partial charge in [0, 0.05) is 16.7 Å². The molecule has 0 radical (unpaired) electrons. The second-order valence-corrected chi connectivity index (χ2v) is 6.30. The van der Waals surface area contributed by atoms with Crippen LogP contribution < -0.4 is 20.9 Å². The fraction of sp³-hybridized carbons (Fsp3) is 0.167. The number of ether oxygens (including phenoxy) is 1. The largest absolute Gasteiger partial charge is 0.497 e. The summed E-state index contributed by atoms with van der Waals surface area (Å²) in [6, 6.07) is 7.83. The van der Waals surface area contributed by atoms with Crippen molar-refractivity contribution in [1.29, 1.82) is 0 Å². The topological polar surface area (TPSA) is 100 Å². The Morgan fingerprint density at radius 1 is 1.27 bits per heavy atom. The van der Waals surface area contributed by atoms with Gasteiger partial charge in [-0.2, -0.15) is 0 Å². The summed E-state index contributed by atoms with van der Waals surface area (Å²) in [5.41, 5.74) is 0.484. The number of hydrogen-bond donors (Lipinski definition) is 3. The van der Waals surface area contributed by atoms with Gasteiger partial charge < -0.3 is 20.4 Å². The van der Waals surface area contributed by atoms with E-state index in [-0.39, 0.29) is 5.69 Å². The standard InChI is InChI=1S/C18H18BrN3O4/c1-11(17(24)22-15-9-13(19)10-20-18(15)25)21-16(23)8-5-12-3-6-14(26-2)7-4-12/h3-11H,1-2H3,(H,20,25)(H,21,23)(H,22,24)/b8-5+. The average Bonchev–Trinajstić information content (AvgIpc) is 2.63. The van der Waals surface area contributed by atoms with Gasteiger partial charge in [-0.25, -0.2) is 0 Å². The van der Waals surface area contributed by atoms with Gasteiger partial charge >= 0.3 is 0 Å². The number of rotatable bonds is 6. The highest BCUT2D eigenvalue weighted by atomic mass is 79.9. The molecule has 1 aromatic carbocycles. The molecule has 1 unspecified atom stereocenters. The fourth-order valence-corrected chi connectivity index (χ4v) is 2.35. The van der Waals surface area contributed by atoms with Crippen molar-refractivity contribution in [3.05, 3.63) is 63.0 Å². The molecule has 1 atom stereocenters. The number of aromatic nitrogens is 1. The van der Waals surface area contributed by atoms with Gasteiger partial charge in [-0.3, -0.25) is 14.4 Å². The van der Waals surface area contributed by atoms with E-state index in [1.54, 1.807) is 37.5 Å². The lowest BCUT2D eigenvalue weighted by Crippen LogP contribution is -2.41. The molecule has 0 aliphatic carbocycles. The van der Waals surface area contributed by atoms with Crippen molar-refractivity contribution in [2.75, 3.05) is 12.4 Å². The van der Waals surface area contributed by atoms with Crippen LogP contribution in [0, 0.1) is 0 Å². The molecule has 1 aromatic heterocycles. The maximum absolute atomic E-state index is 12.1. The zero-order chi connectivity index (χ0) is 19.1. The van der Waals surface area contributed by atoms with Gasteiger partial charge in [0.2, 0.25) is 11.8 Å². The summed E-state index contributed by atoms with van der Waals surface area (Å²) < 4.78 is 5.68. The number of benzene rings is 1. The van der Waals surface area contributed by atoms with Crippen LogP contribution in [0.2, 0.25) is 0 Å². The van der Waals surface area contributed by atoms with Gasteiger partial charge in [-0.1, -0.05) is 12.1 Å². The number of carbonyl (C=O) groups is 2. The van der Waals surface area contributed by atoms with Gasteiger partial charge in [0.25, 0.3) is 5.56 Å². The highest BCUT2D eigenvalue weighted by Gasteiger charge is 2.16. The second-order valence-electron chi connectivity index (χ2n) is 5.39. The quantitative estimate of drug-likeness (QED) is 0.625. The van der Waals surface area contributed by atoms with Gasteiger partial charge in [-0.15, -0.1) is 0 Å². The maximum Gasteiger partial charge on any atom is 0.271 e. The molecule has 136 valence electrons. The molecule has 1 heterocycles. The van der Waals surface area contributed by atoms with E-state index in [1.807, 2.05) is 0 Å². The molecule has 0 aliphatic rings. The summed E-state index contributed by atoms with van der Waals surface area (Å²) >= 11 is 3.21. The zero-order valence-electron chi connectivity index (χ0n) is 14.2. The van der Waals surface area contributed by atoms with Crippen molar-refractivity contribution in [3.8, 4) is 5.75 Å². The van der Waals surface area contributed by atoms with Crippen LogP contribution in [0.1, 0.15) is 12.5 Å². The van der Waals surface area contributed by atoms with E-state index < -0.39 is 23.4 Å². The molecular weight excluding hydrogens is 402 g/mol. The Balaban J connectivity index is 1.92. The Bertz CT molecular complexity index is 875. The first kappa shape index (κ1) is 19.5. The normalized spacial score (nSPS) is 11.8. The zero-order valence-corrected chi connectivity index (χ0v) is 15.8. The number of amides is 2. The van der Waals surface area contributed by atoms with E-state index >= 15 is 0 Å². The summed E-state index contributed by atoms with van der Waals surface area (Å²) in [5.74, 6) is -0.203. The van der Waals surface area contributed by atoms with Crippen LogP contribution in [-0.2, 0) is 9.59 Å². The minimum Gasteiger partial charge on any atom is -0.497 e. The van der Waals surface area contributed by atoms with Crippen molar-refractivity contribution >= 4 is 39.5 Å². The van der Waals surface area contributed by atoms with Crippen molar-refractivity contribution in [1.82, 2.24) is 10.3 Å². The number of nitrogens with one attached hydrogen (secondary N) is 3. The monoisotopic (exact) mass is 419 g/mol. The number of halogens is 1. The molecule has 7 nitrogen and oxygen atoms in total. The summed E-state index contributed by atoms with van der Waals surface area (Å²) in [4.78, 5) is 38.2. The number of methoxy groups -OCH3 is 1. The summed E-state index contributed by atoms with van der Waals surface area (Å²) in [5, 5.41) is 5.02. The lowest BCUT2D eigenvalue weighted by Gasteiger charge is -2.12. The van der Waals surface area contributed by atoms with Gasteiger partial charge in [0.15, 0.2) is 0 Å². The Hall–Kier alpha value is -2.87. The molecule has 2 amide bonds. The van der Waals surface area contributed by atoms with E-state index in [2.05, 4.69) is 31.5 Å². The molecule has 3 N–H and O–H groups in total. The van der Waals surface area contributed by atoms with Crippen molar-refractivity contribution in [3.63, 3.8) is 0 Å². The maximum atomic E-state index is 12.1. The molecular formula is C18H18BrN3O4. The van der Waals surface area contributed by atoms with E-state index in [0.29, 0.717) is 4.47 Å². The summed E-state index contributed by atoms with van der Waals surface area (Å²) in [7, 11) is 1.58. The highest BCUT2D eigenvalue weighted by Crippen LogP contribution is 2.12. The smallest absolute Gasteiger partial charge is 0.271 e. The fourth-order valence-electron chi connectivity index (χ4n) is 2.01. The van der Waals surface area contributed by atoms with Crippen LogP contribution in [0.15, 0.2) is 51.9 Å². The lowest BCUT2D eigenvalue weighted by atomic mass is 10.2. The van der Waals surface area contributed by atoms with Crippen molar-refractivity contribution < 1.29 is 14.3 Å². The number of pyridine rings is 1. The van der Waals surface area contributed by atoms with Crippen LogP contribution >= 0.6 is 15.9 Å². The number of carbonyl (C=O) groups excluding carboxylic acids is 2. The number of H-pyrrole nitrogens is 1. The van der Waals surface area contributed by atoms with Gasteiger partial charge in [-0.05, 0) is 52.7 Å². The SMILES string of the molecule is COc1ccc(/C=C/C(=O)NC(C)C(=O)Nc2cc(Br)c[nH]c2=O)cc1. The molecule has 0 fully saturated rings. The van der Waals surface area contributed by atoms with Crippen LogP contribution in [0.3, 0.4) is 0 Å². The Kier molecular flexibility index (Phi) is 6.74. The third-order valence-electron chi connectivity index (χ3n) is 3.42. The molecule has 0 spiro atoms. The molecule has 8 heteroatoms. The lowest BCUT2D eigenvalue weighted by molar-refractivity contribution is -0.123. The first-order chi connectivity index (χ1) is 12.4. The average molecular weight is 420 g/mol.